The van der Waals surface area contributed by atoms with Gasteiger partial charge >= 0.3 is 0 Å². The number of nitrogens with zero attached hydrogens (tertiary/aromatic N) is 1. The molecule has 0 saturated heterocycles. The van der Waals surface area contributed by atoms with Crippen molar-refractivity contribution >= 4 is 15.9 Å². The number of aromatic hydroxyl groups is 1. The van der Waals surface area contributed by atoms with Gasteiger partial charge in [-0.15, -0.1) is 0 Å². The van der Waals surface area contributed by atoms with Crippen molar-refractivity contribution in [2.24, 2.45) is 0 Å². The Kier molecular flexibility index (Phi) is 4.39. The lowest BCUT2D eigenvalue weighted by atomic mass is 9.99. The molecule has 0 aliphatic rings. The summed E-state index contributed by atoms with van der Waals surface area (Å²) in [5.74, 6) is 0.293. The Hall–Kier alpha value is -0.540. The van der Waals surface area contributed by atoms with Gasteiger partial charge in [0.15, 0.2) is 0 Å². The van der Waals surface area contributed by atoms with E-state index < -0.39 is 0 Å². The molecule has 90 valence electrons. The highest BCUT2D eigenvalue weighted by Crippen LogP contribution is 2.26. The summed E-state index contributed by atoms with van der Waals surface area (Å²) < 4.78 is 0.757. The fraction of sp³-hybridized carbons (Fsp3) is 0.538. The lowest BCUT2D eigenvalue weighted by Gasteiger charge is -2.34. The van der Waals surface area contributed by atoms with Crippen molar-refractivity contribution in [2.45, 2.75) is 39.3 Å². The summed E-state index contributed by atoms with van der Waals surface area (Å²) in [7, 11) is 2.13. The van der Waals surface area contributed by atoms with E-state index in [1.54, 1.807) is 6.07 Å². The molecule has 0 bridgehead atoms. The maximum Gasteiger partial charge on any atom is 0.129 e. The Labute approximate surface area is 106 Å². The summed E-state index contributed by atoms with van der Waals surface area (Å²) >= 11 is 3.33. The molecule has 0 aromatic heterocycles. The summed E-state index contributed by atoms with van der Waals surface area (Å²) in [5, 5.41) is 9.42. The third-order valence-corrected chi connectivity index (χ3v) is 3.97. The van der Waals surface area contributed by atoms with E-state index in [4.69, 9.17) is 0 Å². The summed E-state index contributed by atoms with van der Waals surface area (Å²) in [6, 6.07) is 5.66. The van der Waals surface area contributed by atoms with Gasteiger partial charge in [-0.3, -0.25) is 4.90 Å². The number of phenols is 1. The SMILES string of the molecule is CCC(C)(C)N(C)Cc1ccc(O)c(Br)c1. The largest absolute Gasteiger partial charge is 0.507 e. The molecule has 0 atom stereocenters. The molecule has 0 aliphatic heterocycles. The van der Waals surface area contributed by atoms with Crippen LogP contribution >= 0.6 is 15.9 Å². The van der Waals surface area contributed by atoms with Crippen molar-refractivity contribution in [3.8, 4) is 5.75 Å². The van der Waals surface area contributed by atoms with Crippen LogP contribution in [0.4, 0.5) is 0 Å². The number of hydrogen-bond acceptors (Lipinski definition) is 2. The van der Waals surface area contributed by atoms with Gasteiger partial charge in [-0.25, -0.2) is 0 Å². The smallest absolute Gasteiger partial charge is 0.129 e. The zero-order valence-corrected chi connectivity index (χ0v) is 12.0. The van der Waals surface area contributed by atoms with E-state index in [0.717, 1.165) is 17.4 Å². The molecule has 0 spiro atoms. The van der Waals surface area contributed by atoms with Crippen LogP contribution in [0.15, 0.2) is 22.7 Å². The number of rotatable bonds is 4. The van der Waals surface area contributed by atoms with Crippen LogP contribution in [0.5, 0.6) is 5.75 Å². The van der Waals surface area contributed by atoms with Gasteiger partial charge in [-0.1, -0.05) is 13.0 Å². The molecule has 0 fully saturated rings. The van der Waals surface area contributed by atoms with Crippen LogP contribution in [0, 0.1) is 0 Å². The van der Waals surface area contributed by atoms with Gasteiger partial charge in [0, 0.05) is 12.1 Å². The first-order valence-corrected chi connectivity index (χ1v) is 6.34. The molecule has 0 unspecified atom stereocenters. The second-order valence-corrected chi connectivity index (χ2v) is 5.66. The third kappa shape index (κ3) is 3.22. The van der Waals surface area contributed by atoms with Crippen molar-refractivity contribution in [1.29, 1.82) is 0 Å². The van der Waals surface area contributed by atoms with Crippen LogP contribution in [0.1, 0.15) is 32.8 Å². The second kappa shape index (κ2) is 5.19. The van der Waals surface area contributed by atoms with Crippen LogP contribution in [-0.2, 0) is 6.54 Å². The summed E-state index contributed by atoms with van der Waals surface area (Å²) in [5.41, 5.74) is 1.40. The molecule has 3 heteroatoms. The van der Waals surface area contributed by atoms with Crippen molar-refractivity contribution in [3.63, 3.8) is 0 Å². The average Bonchev–Trinajstić information content (AvgIpc) is 2.23. The molecule has 2 nitrogen and oxygen atoms in total. The van der Waals surface area contributed by atoms with Gasteiger partial charge in [-0.05, 0) is 60.9 Å². The van der Waals surface area contributed by atoms with Gasteiger partial charge < -0.3 is 5.11 Å². The Bertz CT molecular complexity index is 363. The van der Waals surface area contributed by atoms with Gasteiger partial charge in [0.25, 0.3) is 0 Å². The van der Waals surface area contributed by atoms with Gasteiger partial charge in [0.2, 0.25) is 0 Å². The van der Waals surface area contributed by atoms with E-state index >= 15 is 0 Å². The lowest BCUT2D eigenvalue weighted by Crippen LogP contribution is -2.39. The maximum atomic E-state index is 9.42. The maximum absolute atomic E-state index is 9.42. The first-order valence-electron chi connectivity index (χ1n) is 5.55. The summed E-state index contributed by atoms with van der Waals surface area (Å²) in [6.45, 7) is 7.56. The Balaban J connectivity index is 2.77. The second-order valence-electron chi connectivity index (χ2n) is 4.81. The molecule has 0 heterocycles. The predicted molar refractivity (Wildman–Crippen MR) is 71.6 cm³/mol. The fourth-order valence-corrected chi connectivity index (χ4v) is 1.83. The number of phenolic OH excluding ortho intramolecular Hbond substituents is 1. The molecule has 1 aromatic carbocycles. The van der Waals surface area contributed by atoms with Gasteiger partial charge in [0.05, 0.1) is 4.47 Å². The van der Waals surface area contributed by atoms with Crippen molar-refractivity contribution in [1.82, 2.24) is 4.90 Å². The van der Waals surface area contributed by atoms with E-state index in [2.05, 4.69) is 48.6 Å². The van der Waals surface area contributed by atoms with E-state index in [0.29, 0.717) is 5.75 Å². The molecule has 0 aliphatic carbocycles. The van der Waals surface area contributed by atoms with Crippen molar-refractivity contribution in [3.05, 3.63) is 28.2 Å². The monoisotopic (exact) mass is 285 g/mol. The Morgan fingerprint density at radius 2 is 2.00 bits per heavy atom. The molecule has 1 aromatic rings. The van der Waals surface area contributed by atoms with E-state index in [1.165, 1.54) is 5.56 Å². The van der Waals surface area contributed by atoms with Crippen LogP contribution in [0.25, 0.3) is 0 Å². The minimum absolute atomic E-state index is 0.199. The zero-order valence-electron chi connectivity index (χ0n) is 10.4. The molecule has 16 heavy (non-hydrogen) atoms. The first-order chi connectivity index (χ1) is 7.36. The molecule has 0 saturated carbocycles. The van der Waals surface area contributed by atoms with Gasteiger partial charge in [-0.2, -0.15) is 0 Å². The van der Waals surface area contributed by atoms with Crippen LogP contribution in [0.2, 0.25) is 0 Å². The number of benzene rings is 1. The standard InChI is InChI=1S/C13H20BrNO/c1-5-13(2,3)15(4)9-10-6-7-12(16)11(14)8-10/h6-8,16H,5,9H2,1-4H3. The Morgan fingerprint density at radius 1 is 1.38 bits per heavy atom. The minimum Gasteiger partial charge on any atom is -0.507 e. The Morgan fingerprint density at radius 3 is 2.50 bits per heavy atom. The average molecular weight is 286 g/mol. The quantitative estimate of drug-likeness (QED) is 0.910. The fourth-order valence-electron chi connectivity index (χ4n) is 1.41. The van der Waals surface area contributed by atoms with Crippen LogP contribution < -0.4 is 0 Å². The van der Waals surface area contributed by atoms with Crippen molar-refractivity contribution in [2.75, 3.05) is 7.05 Å². The highest BCUT2D eigenvalue weighted by molar-refractivity contribution is 9.10. The van der Waals surface area contributed by atoms with E-state index in [1.807, 2.05) is 12.1 Å². The van der Waals surface area contributed by atoms with Crippen molar-refractivity contribution < 1.29 is 5.11 Å². The topological polar surface area (TPSA) is 23.5 Å². The highest BCUT2D eigenvalue weighted by atomic mass is 79.9. The van der Waals surface area contributed by atoms with E-state index in [-0.39, 0.29) is 5.54 Å². The first kappa shape index (κ1) is 13.5. The summed E-state index contributed by atoms with van der Waals surface area (Å²) in [4.78, 5) is 2.33. The highest BCUT2D eigenvalue weighted by Gasteiger charge is 2.20. The molecule has 1 rings (SSSR count). The predicted octanol–water partition coefficient (Wildman–Crippen LogP) is 3.78. The van der Waals surface area contributed by atoms with Crippen LogP contribution in [0.3, 0.4) is 0 Å². The summed E-state index contributed by atoms with van der Waals surface area (Å²) in [6.07, 6.45) is 1.11. The number of halogens is 1. The molecular weight excluding hydrogens is 266 g/mol. The normalized spacial score (nSPS) is 12.1. The lowest BCUT2D eigenvalue weighted by molar-refractivity contribution is 0.143. The van der Waals surface area contributed by atoms with E-state index in [9.17, 15) is 5.11 Å². The van der Waals surface area contributed by atoms with Crippen LogP contribution in [-0.4, -0.2) is 22.6 Å². The zero-order chi connectivity index (χ0) is 12.3. The number of hydrogen-bond donors (Lipinski definition) is 1. The third-order valence-electron chi connectivity index (χ3n) is 3.33. The molecular formula is C13H20BrNO. The van der Waals surface area contributed by atoms with Gasteiger partial charge in [0.1, 0.15) is 5.75 Å². The molecule has 0 radical (unpaired) electrons. The molecule has 0 amide bonds. The molecule has 1 N–H and O–H groups in total. The minimum atomic E-state index is 0.199.